The van der Waals surface area contributed by atoms with E-state index < -0.39 is 72.6 Å². The van der Waals surface area contributed by atoms with E-state index in [1.54, 1.807) is 0 Å². The predicted molar refractivity (Wildman–Crippen MR) is 101 cm³/mol. The Bertz CT molecular complexity index is 692. The zero-order valence-corrected chi connectivity index (χ0v) is 16.5. The predicted octanol–water partition coefficient (Wildman–Crippen LogP) is -2.96. The van der Waals surface area contributed by atoms with Gasteiger partial charge in [0.25, 0.3) is 0 Å². The molecule has 13 heteroatoms. The van der Waals surface area contributed by atoms with E-state index in [9.17, 15) is 28.8 Å². The molecule has 0 aromatic carbocycles. The van der Waals surface area contributed by atoms with Crippen LogP contribution in [0.2, 0.25) is 0 Å². The molecule has 168 valence electrons. The van der Waals surface area contributed by atoms with Crippen LogP contribution in [0.15, 0.2) is 0 Å². The Morgan fingerprint density at radius 3 is 2.20 bits per heavy atom. The summed E-state index contributed by atoms with van der Waals surface area (Å²) in [7, 11) is 0. The Hall–Kier alpha value is -3.22. The van der Waals surface area contributed by atoms with Gasteiger partial charge in [-0.3, -0.25) is 24.0 Å². The molecular formula is C17H27N5O8. The number of primary amides is 1. The van der Waals surface area contributed by atoms with Crippen LogP contribution >= 0.6 is 0 Å². The molecule has 1 aliphatic rings. The van der Waals surface area contributed by atoms with Crippen LogP contribution in [0.3, 0.4) is 0 Å². The lowest BCUT2D eigenvalue weighted by atomic mass is 10.1. The Balaban J connectivity index is 2.73. The number of carboxylic acid groups (broad SMARTS) is 2. The minimum Gasteiger partial charge on any atom is -0.481 e. The summed E-state index contributed by atoms with van der Waals surface area (Å²) in [5.74, 6) is -5.72. The van der Waals surface area contributed by atoms with Crippen LogP contribution < -0.4 is 27.0 Å². The van der Waals surface area contributed by atoms with Gasteiger partial charge in [0.05, 0.1) is 12.5 Å². The van der Waals surface area contributed by atoms with E-state index in [-0.39, 0.29) is 6.42 Å². The topological polar surface area (TPSA) is 217 Å². The van der Waals surface area contributed by atoms with Gasteiger partial charge in [-0.25, -0.2) is 4.79 Å². The molecule has 0 aromatic rings. The molecule has 0 aliphatic carbocycles. The fraction of sp³-hybridized carbons (Fsp3) is 0.647. The number of hydrogen-bond acceptors (Lipinski definition) is 7. The molecule has 13 nitrogen and oxygen atoms in total. The summed E-state index contributed by atoms with van der Waals surface area (Å²) in [5, 5.41) is 27.7. The summed E-state index contributed by atoms with van der Waals surface area (Å²) in [6, 6.07) is -4.48. The van der Waals surface area contributed by atoms with Gasteiger partial charge >= 0.3 is 11.9 Å². The van der Waals surface area contributed by atoms with Crippen molar-refractivity contribution < 1.29 is 39.0 Å². The Morgan fingerprint density at radius 1 is 1.03 bits per heavy atom. The molecule has 0 spiro atoms. The van der Waals surface area contributed by atoms with Crippen LogP contribution in [0.4, 0.5) is 0 Å². The molecule has 0 aromatic heterocycles. The molecule has 0 saturated carbocycles. The third-order valence-corrected chi connectivity index (χ3v) is 4.43. The minimum atomic E-state index is -1.56. The second-order valence-corrected chi connectivity index (χ2v) is 6.94. The number of amides is 4. The molecule has 1 rings (SSSR count). The van der Waals surface area contributed by atoms with E-state index in [1.807, 2.05) is 0 Å². The highest BCUT2D eigenvalue weighted by Gasteiger charge is 2.30. The number of hydrogen-bond donors (Lipinski definition) is 7. The van der Waals surface area contributed by atoms with Crippen molar-refractivity contribution in [1.82, 2.24) is 21.3 Å². The smallest absolute Gasteiger partial charge is 0.326 e. The van der Waals surface area contributed by atoms with Gasteiger partial charge in [-0.2, -0.15) is 0 Å². The van der Waals surface area contributed by atoms with Gasteiger partial charge in [-0.15, -0.1) is 0 Å². The molecule has 1 fully saturated rings. The standard InChI is InChI=1S/C17H27N5O8/c1-8(14(26)22-11(17(29)30)7-12(18)23)20-16(28)10(4-5-13(24)25)21-15(27)9-3-2-6-19-9/h8-11,19H,2-7H2,1H3,(H2,18,23)(H,20,28)(H,21,27)(H,22,26)(H,24,25)(H,29,30). The summed E-state index contributed by atoms with van der Waals surface area (Å²) in [6.07, 6.45) is 0.142. The highest BCUT2D eigenvalue weighted by Crippen LogP contribution is 2.07. The molecule has 8 N–H and O–H groups in total. The van der Waals surface area contributed by atoms with Gasteiger partial charge in [0.15, 0.2) is 0 Å². The van der Waals surface area contributed by atoms with Gasteiger partial charge < -0.3 is 37.2 Å². The lowest BCUT2D eigenvalue weighted by molar-refractivity contribution is -0.143. The van der Waals surface area contributed by atoms with Crippen molar-refractivity contribution in [3.63, 3.8) is 0 Å². The normalized spacial score (nSPS) is 18.5. The first kappa shape index (κ1) is 24.8. The van der Waals surface area contributed by atoms with Crippen molar-refractivity contribution in [3.8, 4) is 0 Å². The zero-order chi connectivity index (χ0) is 22.8. The fourth-order valence-electron chi connectivity index (χ4n) is 2.79. The number of carboxylic acids is 2. The first-order valence-corrected chi connectivity index (χ1v) is 9.38. The average molecular weight is 429 g/mol. The van der Waals surface area contributed by atoms with Crippen molar-refractivity contribution in [3.05, 3.63) is 0 Å². The second kappa shape index (κ2) is 11.7. The molecule has 1 aliphatic heterocycles. The zero-order valence-electron chi connectivity index (χ0n) is 16.5. The average Bonchev–Trinajstić information content (AvgIpc) is 3.18. The maximum atomic E-state index is 12.5. The van der Waals surface area contributed by atoms with Gasteiger partial charge in [0.2, 0.25) is 23.6 Å². The fourth-order valence-corrected chi connectivity index (χ4v) is 2.79. The molecule has 4 amide bonds. The highest BCUT2D eigenvalue weighted by molar-refractivity contribution is 5.94. The number of rotatable bonds is 12. The monoisotopic (exact) mass is 429 g/mol. The lowest BCUT2D eigenvalue weighted by Gasteiger charge is -2.23. The summed E-state index contributed by atoms with van der Waals surface area (Å²) >= 11 is 0. The molecule has 30 heavy (non-hydrogen) atoms. The van der Waals surface area contributed by atoms with Crippen LogP contribution in [-0.4, -0.2) is 76.5 Å². The Kier molecular flexibility index (Phi) is 9.68. The molecule has 0 radical (unpaired) electrons. The van der Waals surface area contributed by atoms with E-state index in [4.69, 9.17) is 15.9 Å². The second-order valence-electron chi connectivity index (χ2n) is 6.94. The minimum absolute atomic E-state index is 0.201. The third-order valence-electron chi connectivity index (χ3n) is 4.43. The number of aliphatic carboxylic acids is 2. The Labute approximate surface area is 172 Å². The Morgan fingerprint density at radius 2 is 1.70 bits per heavy atom. The molecule has 1 saturated heterocycles. The summed E-state index contributed by atoms with van der Waals surface area (Å²) in [5.41, 5.74) is 4.94. The van der Waals surface area contributed by atoms with Gasteiger partial charge in [0.1, 0.15) is 18.1 Å². The van der Waals surface area contributed by atoms with Crippen molar-refractivity contribution >= 4 is 35.6 Å². The van der Waals surface area contributed by atoms with Crippen LogP contribution in [0.1, 0.15) is 39.0 Å². The van der Waals surface area contributed by atoms with Crippen LogP contribution in [-0.2, 0) is 28.8 Å². The van der Waals surface area contributed by atoms with E-state index in [0.717, 1.165) is 6.42 Å². The molecule has 0 bridgehead atoms. The van der Waals surface area contributed by atoms with E-state index in [1.165, 1.54) is 6.92 Å². The summed E-state index contributed by atoms with van der Waals surface area (Å²) in [6.45, 7) is 1.92. The third kappa shape index (κ3) is 8.43. The molecule has 4 atom stereocenters. The van der Waals surface area contributed by atoms with Crippen molar-refractivity contribution in [1.29, 1.82) is 0 Å². The molecule has 1 heterocycles. The largest absolute Gasteiger partial charge is 0.481 e. The van der Waals surface area contributed by atoms with Gasteiger partial charge in [0, 0.05) is 6.42 Å². The quantitative estimate of drug-likeness (QED) is 0.168. The summed E-state index contributed by atoms with van der Waals surface area (Å²) < 4.78 is 0. The van der Waals surface area contributed by atoms with Gasteiger partial charge in [-0.1, -0.05) is 0 Å². The first-order valence-electron chi connectivity index (χ1n) is 9.38. The van der Waals surface area contributed by atoms with Crippen molar-refractivity contribution in [2.45, 2.75) is 63.2 Å². The van der Waals surface area contributed by atoms with Crippen LogP contribution in [0.25, 0.3) is 0 Å². The van der Waals surface area contributed by atoms with Crippen LogP contribution in [0.5, 0.6) is 0 Å². The number of nitrogens with one attached hydrogen (secondary N) is 4. The number of carbonyl (C=O) groups excluding carboxylic acids is 4. The maximum absolute atomic E-state index is 12.5. The molecular weight excluding hydrogens is 402 g/mol. The van der Waals surface area contributed by atoms with E-state index in [0.29, 0.717) is 13.0 Å². The molecule has 4 unspecified atom stereocenters. The van der Waals surface area contributed by atoms with Crippen molar-refractivity contribution in [2.75, 3.05) is 6.54 Å². The van der Waals surface area contributed by atoms with Gasteiger partial charge in [-0.05, 0) is 32.7 Å². The number of carbonyl (C=O) groups is 6. The SMILES string of the molecule is CC(NC(=O)C(CCC(=O)O)NC(=O)C1CCCN1)C(=O)NC(CC(N)=O)C(=O)O. The summed E-state index contributed by atoms with van der Waals surface area (Å²) in [4.78, 5) is 69.8. The lowest BCUT2D eigenvalue weighted by Crippen LogP contribution is -2.56. The van der Waals surface area contributed by atoms with Crippen LogP contribution in [0, 0.1) is 0 Å². The first-order chi connectivity index (χ1) is 14.0. The maximum Gasteiger partial charge on any atom is 0.326 e. The van der Waals surface area contributed by atoms with E-state index >= 15 is 0 Å². The van der Waals surface area contributed by atoms with Crippen molar-refractivity contribution in [2.24, 2.45) is 5.73 Å². The van der Waals surface area contributed by atoms with E-state index in [2.05, 4.69) is 21.3 Å². The number of nitrogens with two attached hydrogens (primary N) is 1. The highest BCUT2D eigenvalue weighted by atomic mass is 16.4.